The van der Waals surface area contributed by atoms with E-state index in [4.69, 9.17) is 66.3 Å². The summed E-state index contributed by atoms with van der Waals surface area (Å²) < 4.78 is 89.5. The van der Waals surface area contributed by atoms with E-state index in [1.165, 1.54) is 43.5 Å². The van der Waals surface area contributed by atoms with Crippen LogP contribution >= 0.6 is 0 Å². The molecule has 5 aliphatic heterocycles. The van der Waals surface area contributed by atoms with E-state index in [2.05, 4.69) is 0 Å². The first-order valence-electron chi connectivity index (χ1n) is 30.7. The topological polar surface area (TPSA) is 292 Å². The lowest BCUT2D eigenvalue weighted by Crippen LogP contribution is -2.70. The maximum atomic E-state index is 15.0. The average Bonchev–Trinajstić information content (AvgIpc) is 1.69. The van der Waals surface area contributed by atoms with Crippen molar-refractivity contribution >= 4 is 47.5 Å². The zero-order valence-corrected chi connectivity index (χ0v) is 52.3. The molecule has 3 saturated heterocycles. The number of nitrogens with zero attached hydrogens (tertiary/aromatic N) is 2. The van der Waals surface area contributed by atoms with Gasteiger partial charge in [-0.1, -0.05) is 115 Å². The third kappa shape index (κ3) is 15.3. The van der Waals surface area contributed by atoms with Gasteiger partial charge in [0.25, 0.3) is 23.6 Å². The van der Waals surface area contributed by atoms with E-state index in [1.54, 1.807) is 91.0 Å². The van der Waals surface area contributed by atoms with Crippen molar-refractivity contribution in [1.29, 1.82) is 0 Å². The van der Waals surface area contributed by atoms with Gasteiger partial charge >= 0.3 is 23.9 Å². The molecule has 0 radical (unpaired) electrons. The predicted octanol–water partition coefficient (Wildman–Crippen LogP) is 6.09. The summed E-state index contributed by atoms with van der Waals surface area (Å²) in [6, 6.07) is 42.5. The molecule has 498 valence electrons. The van der Waals surface area contributed by atoms with Crippen LogP contribution in [0, 0.1) is 0 Å². The maximum Gasteiger partial charge on any atom is 0.303 e. The summed E-state index contributed by atoms with van der Waals surface area (Å²) in [5, 5.41) is 12.8. The van der Waals surface area contributed by atoms with Crippen molar-refractivity contribution in [1.82, 2.24) is 9.80 Å². The van der Waals surface area contributed by atoms with Crippen molar-refractivity contribution in [2.75, 3.05) is 26.9 Å². The second-order valence-electron chi connectivity index (χ2n) is 22.9. The lowest BCUT2D eigenvalue weighted by atomic mass is 9.93. The Labute approximate surface area is 545 Å². The minimum absolute atomic E-state index is 0.0322. The molecule has 0 bridgehead atoms. The first-order valence-corrected chi connectivity index (χ1v) is 30.7. The van der Waals surface area contributed by atoms with Crippen molar-refractivity contribution in [3.63, 3.8) is 0 Å². The molecule has 0 unspecified atom stereocenters. The minimum atomic E-state index is -1.89. The van der Waals surface area contributed by atoms with E-state index < -0.39 is 153 Å². The summed E-state index contributed by atoms with van der Waals surface area (Å²) >= 11 is 0. The highest BCUT2D eigenvalue weighted by Crippen LogP contribution is 2.41. The van der Waals surface area contributed by atoms with Gasteiger partial charge in [0, 0.05) is 27.7 Å². The first kappa shape index (κ1) is 67.2. The number of fused-ring (bicyclic) bond motifs is 2. The Hall–Kier alpha value is -9.28. The number of hydrogen-bond acceptors (Lipinski definition) is 23. The fourth-order valence-corrected chi connectivity index (χ4v) is 12.2. The molecule has 5 heterocycles. The standard InChI is InChI=1S/C70H70N2O23/c1-39(73)84-38-54-59(88-40(2)74)61(89-41(3)75)56(72-66(80)50-27-17-18-28-51(50)67(72)81)68(93-54)87-37-52-57(77)62(86-35-45-23-13-8-14-24-45)63(90-42(4)76)70(92-52)95-58-53(36-83-33-43-19-9-6-10-20-43)94-69(91-47-31-29-46(82-5)30-32-47)55(60(58)85-34-44-21-11-7-12-22-44)71-64(78)48-25-15-16-26-49(48)65(71)79/h6-32,52-63,68-70,77H,33-38H2,1-5H3/t52-,53-,54-,55-,56-,57-,58-,59-,60-,61-,62+,63+,68-,69-,70+/m1/s1. The van der Waals surface area contributed by atoms with Crippen LogP contribution < -0.4 is 9.47 Å². The highest BCUT2D eigenvalue weighted by atomic mass is 16.8. The molecule has 0 saturated carbocycles. The summed E-state index contributed by atoms with van der Waals surface area (Å²) in [7, 11) is 1.50. The number of carbonyl (C=O) groups is 8. The number of imide groups is 2. The van der Waals surface area contributed by atoms with Gasteiger partial charge in [-0.25, -0.2) is 0 Å². The third-order valence-electron chi connectivity index (χ3n) is 16.4. The van der Waals surface area contributed by atoms with Crippen molar-refractivity contribution in [2.45, 2.75) is 140 Å². The monoisotopic (exact) mass is 1310 g/mol. The number of amides is 4. The molecule has 6 aromatic carbocycles. The number of benzene rings is 6. The number of methoxy groups -OCH3 is 1. The van der Waals surface area contributed by atoms with Gasteiger partial charge in [-0.2, -0.15) is 0 Å². The van der Waals surface area contributed by atoms with Gasteiger partial charge < -0.3 is 71.4 Å². The highest BCUT2D eigenvalue weighted by molar-refractivity contribution is 6.22. The fourth-order valence-electron chi connectivity index (χ4n) is 12.2. The largest absolute Gasteiger partial charge is 0.497 e. The zero-order valence-electron chi connectivity index (χ0n) is 52.3. The summed E-state index contributed by atoms with van der Waals surface area (Å²) in [6.07, 6.45) is -21.4. The molecular formula is C70H70N2O23. The number of esters is 4. The Morgan fingerprint density at radius 3 is 1.33 bits per heavy atom. The third-order valence-corrected chi connectivity index (χ3v) is 16.4. The summed E-state index contributed by atoms with van der Waals surface area (Å²) in [6.45, 7) is 2.27. The molecule has 6 aromatic rings. The lowest BCUT2D eigenvalue weighted by molar-refractivity contribution is -0.360. The van der Waals surface area contributed by atoms with Crippen LogP contribution in [0.1, 0.15) is 85.8 Å². The summed E-state index contributed by atoms with van der Waals surface area (Å²) in [4.78, 5) is 113. The van der Waals surface area contributed by atoms with Gasteiger partial charge in [-0.15, -0.1) is 0 Å². The SMILES string of the molecule is COc1ccc(O[C@@H]2O[C@H](COCc3ccccc3)[C@@H](O[C@@H]3O[C@H](CO[C@@H]4O[C@H](COC(C)=O)[C@@H](OC(C)=O)[C@H](OC(C)=O)[C@H]4N4C(=O)c5ccccc5C4=O)[C@@H](O)[C@H](OCc4ccccc4)[C@@H]3OC(C)=O)[C@H](OCc3ccccc3)[C@H]2N2C(=O)c3ccccc3C2=O)cc1. The van der Waals surface area contributed by atoms with Crippen LogP contribution in [0.2, 0.25) is 0 Å². The van der Waals surface area contributed by atoms with E-state index in [9.17, 15) is 33.9 Å². The molecule has 0 aliphatic carbocycles. The number of aliphatic hydroxyl groups excluding tert-OH is 1. The number of aliphatic hydroxyl groups is 1. The minimum Gasteiger partial charge on any atom is -0.497 e. The van der Waals surface area contributed by atoms with Crippen molar-refractivity contribution in [2.24, 2.45) is 0 Å². The van der Waals surface area contributed by atoms with Crippen LogP contribution in [0.25, 0.3) is 0 Å². The summed E-state index contributed by atoms with van der Waals surface area (Å²) in [5.41, 5.74) is 2.15. The van der Waals surface area contributed by atoms with Crippen molar-refractivity contribution < 1.29 is 110 Å². The van der Waals surface area contributed by atoms with Gasteiger partial charge in [-0.3, -0.25) is 48.2 Å². The van der Waals surface area contributed by atoms with Crippen LogP contribution in [-0.4, -0.2) is 181 Å². The van der Waals surface area contributed by atoms with Crippen molar-refractivity contribution in [3.8, 4) is 11.5 Å². The van der Waals surface area contributed by atoms with Gasteiger partial charge in [0.15, 0.2) is 30.9 Å². The molecular weight excluding hydrogens is 1240 g/mol. The molecule has 3 fully saturated rings. The van der Waals surface area contributed by atoms with Crippen LogP contribution in [0.15, 0.2) is 164 Å². The van der Waals surface area contributed by atoms with Crippen LogP contribution in [0.3, 0.4) is 0 Å². The molecule has 25 heteroatoms. The molecule has 1 N–H and O–H groups in total. The Bertz CT molecular complexity index is 3640. The zero-order chi connectivity index (χ0) is 66.9. The summed E-state index contributed by atoms with van der Waals surface area (Å²) in [5.74, 6) is -5.98. The molecule has 0 spiro atoms. The Morgan fingerprint density at radius 2 is 0.832 bits per heavy atom. The van der Waals surface area contributed by atoms with Crippen molar-refractivity contribution in [3.05, 3.63) is 203 Å². The molecule has 0 aromatic heterocycles. The molecule has 4 amide bonds. The maximum absolute atomic E-state index is 15.0. The number of carbonyl (C=O) groups excluding carboxylic acids is 8. The molecule has 25 nitrogen and oxygen atoms in total. The van der Waals surface area contributed by atoms with Gasteiger partial charge in [0.05, 0.1) is 62.4 Å². The average molecular weight is 1310 g/mol. The van der Waals surface area contributed by atoms with E-state index in [0.29, 0.717) is 16.9 Å². The first-order chi connectivity index (χ1) is 46.0. The van der Waals surface area contributed by atoms with Crippen LogP contribution in [-0.2, 0) is 95.8 Å². The van der Waals surface area contributed by atoms with Crippen LogP contribution in [0.5, 0.6) is 11.5 Å². The quantitative estimate of drug-likeness (QED) is 0.0385. The smallest absolute Gasteiger partial charge is 0.303 e. The number of hydrogen-bond donors (Lipinski definition) is 1. The molecule has 15 atom stereocenters. The van der Waals surface area contributed by atoms with E-state index in [-0.39, 0.29) is 54.4 Å². The highest BCUT2D eigenvalue weighted by Gasteiger charge is 2.61. The van der Waals surface area contributed by atoms with Gasteiger partial charge in [-0.05, 0) is 65.2 Å². The Balaban J connectivity index is 1.02. The molecule has 95 heavy (non-hydrogen) atoms. The molecule has 5 aliphatic rings. The lowest BCUT2D eigenvalue weighted by Gasteiger charge is -2.51. The molecule has 11 rings (SSSR count). The fraction of sp³-hybridized carbons (Fsp3) is 0.371. The predicted molar refractivity (Wildman–Crippen MR) is 327 cm³/mol. The van der Waals surface area contributed by atoms with Gasteiger partial charge in [0.2, 0.25) is 6.29 Å². The van der Waals surface area contributed by atoms with E-state index in [0.717, 1.165) is 43.1 Å². The normalized spacial score (nSPS) is 27.1. The van der Waals surface area contributed by atoms with E-state index >= 15 is 9.59 Å². The second-order valence-corrected chi connectivity index (χ2v) is 22.9. The van der Waals surface area contributed by atoms with E-state index in [1.807, 2.05) is 36.4 Å². The van der Waals surface area contributed by atoms with Gasteiger partial charge in [0.1, 0.15) is 72.9 Å². The van der Waals surface area contributed by atoms with Crippen LogP contribution in [0.4, 0.5) is 0 Å². The Morgan fingerprint density at radius 1 is 0.411 bits per heavy atom. The number of ether oxygens (including phenoxy) is 14. The Kier molecular flexibility index (Phi) is 21.5. The second kappa shape index (κ2) is 30.4. The number of rotatable bonds is 25.